The lowest BCUT2D eigenvalue weighted by Gasteiger charge is -2.41. The van der Waals surface area contributed by atoms with Crippen molar-refractivity contribution in [1.29, 1.82) is 0 Å². The first-order valence-electron chi connectivity index (χ1n) is 11.1. The molecule has 1 fully saturated rings. The number of nitrogens with zero attached hydrogens (tertiary/aromatic N) is 4. The van der Waals surface area contributed by atoms with Gasteiger partial charge in [0.15, 0.2) is 0 Å². The highest BCUT2D eigenvalue weighted by Crippen LogP contribution is 2.22. The molecule has 1 saturated heterocycles. The Kier molecular flexibility index (Phi) is 6.56. The van der Waals surface area contributed by atoms with Gasteiger partial charge in [0.2, 0.25) is 0 Å². The summed E-state index contributed by atoms with van der Waals surface area (Å²) in [7, 11) is 0. The van der Waals surface area contributed by atoms with Crippen LogP contribution in [-0.4, -0.2) is 56.7 Å². The maximum atomic E-state index is 9.64. The van der Waals surface area contributed by atoms with E-state index in [9.17, 15) is 5.11 Å². The summed E-state index contributed by atoms with van der Waals surface area (Å²) in [4.78, 5) is 9.90. The number of rotatable bonds is 8. The summed E-state index contributed by atoms with van der Waals surface area (Å²) < 4.78 is 8.18. The van der Waals surface area contributed by atoms with Crippen LogP contribution < -0.4 is 0 Å². The van der Waals surface area contributed by atoms with E-state index in [1.165, 1.54) is 5.52 Å². The largest absolute Gasteiger partial charge is 0.465 e. The fourth-order valence-corrected chi connectivity index (χ4v) is 4.52. The molecule has 0 unspecified atom stereocenters. The highest BCUT2D eigenvalue weighted by Gasteiger charge is 2.28. The standard InChI is InChI=1S/C24H34N4O2/c1-18(2)14-28-23-7-5-4-6-22(23)25-24(28)17-26-11-12-27(20(15-26)10-13-29)16-21-9-8-19(3)30-21/h4-9,18,20,29H,10-17H2,1-3H3/t20-/m1/s1. The lowest BCUT2D eigenvalue weighted by molar-refractivity contribution is 0.0438. The van der Waals surface area contributed by atoms with E-state index in [2.05, 4.69) is 58.5 Å². The van der Waals surface area contributed by atoms with Crippen LogP contribution in [0, 0.1) is 12.8 Å². The number of piperazine rings is 1. The SMILES string of the molecule is Cc1ccc(CN2CCN(Cc3nc4ccccc4n3CC(C)C)C[C@H]2CCO)o1. The molecule has 0 saturated carbocycles. The molecular weight excluding hydrogens is 376 g/mol. The predicted octanol–water partition coefficient (Wildman–Crippen LogP) is 3.66. The Morgan fingerprint density at radius 1 is 1.13 bits per heavy atom. The van der Waals surface area contributed by atoms with Crippen molar-refractivity contribution < 1.29 is 9.52 Å². The number of hydrogen-bond donors (Lipinski definition) is 1. The third-order valence-corrected chi connectivity index (χ3v) is 5.95. The number of para-hydroxylation sites is 2. The van der Waals surface area contributed by atoms with Gasteiger partial charge >= 0.3 is 0 Å². The second-order valence-corrected chi connectivity index (χ2v) is 8.91. The van der Waals surface area contributed by atoms with Crippen LogP contribution in [0.2, 0.25) is 0 Å². The average Bonchev–Trinajstić information content (AvgIpc) is 3.27. The first-order chi connectivity index (χ1) is 14.5. The zero-order valence-electron chi connectivity index (χ0n) is 18.4. The van der Waals surface area contributed by atoms with E-state index in [1.54, 1.807) is 0 Å². The van der Waals surface area contributed by atoms with E-state index in [0.29, 0.717) is 12.0 Å². The predicted molar refractivity (Wildman–Crippen MR) is 119 cm³/mol. The third-order valence-electron chi connectivity index (χ3n) is 5.95. The molecule has 1 aliphatic rings. The van der Waals surface area contributed by atoms with Gasteiger partial charge in [-0.05, 0) is 43.5 Å². The van der Waals surface area contributed by atoms with Crippen LogP contribution in [0.5, 0.6) is 0 Å². The highest BCUT2D eigenvalue weighted by atomic mass is 16.3. The fraction of sp³-hybridized carbons (Fsp3) is 0.542. The van der Waals surface area contributed by atoms with Crippen molar-refractivity contribution in [2.75, 3.05) is 26.2 Å². The maximum absolute atomic E-state index is 9.64. The lowest BCUT2D eigenvalue weighted by atomic mass is 10.1. The summed E-state index contributed by atoms with van der Waals surface area (Å²) in [5.74, 6) is 3.66. The molecule has 1 aliphatic heterocycles. The zero-order valence-corrected chi connectivity index (χ0v) is 18.4. The van der Waals surface area contributed by atoms with Gasteiger partial charge in [0, 0.05) is 38.8 Å². The van der Waals surface area contributed by atoms with Gasteiger partial charge in [-0.15, -0.1) is 0 Å². The van der Waals surface area contributed by atoms with Crippen molar-refractivity contribution >= 4 is 11.0 Å². The minimum atomic E-state index is 0.206. The van der Waals surface area contributed by atoms with Crippen LogP contribution in [0.4, 0.5) is 0 Å². The topological polar surface area (TPSA) is 57.7 Å². The number of benzene rings is 1. The van der Waals surface area contributed by atoms with Crippen LogP contribution in [0.15, 0.2) is 40.8 Å². The number of furan rings is 1. The zero-order chi connectivity index (χ0) is 21.1. The van der Waals surface area contributed by atoms with E-state index >= 15 is 0 Å². The second-order valence-electron chi connectivity index (χ2n) is 8.91. The Morgan fingerprint density at radius 3 is 2.70 bits per heavy atom. The summed E-state index contributed by atoms with van der Waals surface area (Å²) in [5, 5.41) is 9.64. The molecule has 3 heterocycles. The molecule has 2 aromatic heterocycles. The molecule has 0 radical (unpaired) electrons. The molecule has 4 rings (SSSR count). The Morgan fingerprint density at radius 2 is 1.97 bits per heavy atom. The molecule has 162 valence electrons. The molecule has 3 aromatic rings. The minimum Gasteiger partial charge on any atom is -0.465 e. The maximum Gasteiger partial charge on any atom is 0.124 e. The van der Waals surface area contributed by atoms with Gasteiger partial charge in [0.25, 0.3) is 0 Å². The van der Waals surface area contributed by atoms with Gasteiger partial charge in [0.1, 0.15) is 17.3 Å². The Hall–Kier alpha value is -2.15. The Bertz CT molecular complexity index is 961. The summed E-state index contributed by atoms with van der Waals surface area (Å²) in [6.45, 7) is 12.2. The smallest absolute Gasteiger partial charge is 0.124 e. The van der Waals surface area contributed by atoms with Crippen LogP contribution in [0.1, 0.15) is 37.6 Å². The molecule has 0 amide bonds. The third kappa shape index (κ3) is 4.77. The van der Waals surface area contributed by atoms with E-state index < -0.39 is 0 Å². The molecule has 1 N–H and O–H groups in total. The van der Waals surface area contributed by atoms with E-state index in [-0.39, 0.29) is 6.61 Å². The Labute approximate surface area is 179 Å². The number of imidazole rings is 1. The molecule has 30 heavy (non-hydrogen) atoms. The van der Waals surface area contributed by atoms with Gasteiger partial charge in [-0.2, -0.15) is 0 Å². The molecule has 0 aliphatic carbocycles. The van der Waals surface area contributed by atoms with Gasteiger partial charge in [-0.25, -0.2) is 4.98 Å². The number of fused-ring (bicyclic) bond motifs is 1. The number of aliphatic hydroxyl groups is 1. The van der Waals surface area contributed by atoms with Crippen molar-refractivity contribution in [1.82, 2.24) is 19.4 Å². The van der Waals surface area contributed by atoms with Gasteiger partial charge in [-0.1, -0.05) is 26.0 Å². The average molecular weight is 411 g/mol. The van der Waals surface area contributed by atoms with Crippen LogP contribution >= 0.6 is 0 Å². The second kappa shape index (κ2) is 9.33. The Balaban J connectivity index is 1.49. The van der Waals surface area contributed by atoms with Crippen molar-refractivity contribution in [3.05, 3.63) is 53.7 Å². The van der Waals surface area contributed by atoms with E-state index in [0.717, 1.165) is 68.6 Å². The monoisotopic (exact) mass is 410 g/mol. The molecule has 6 heteroatoms. The summed E-state index contributed by atoms with van der Waals surface area (Å²) >= 11 is 0. The van der Waals surface area contributed by atoms with Crippen molar-refractivity contribution in [3.8, 4) is 0 Å². The molecule has 0 bridgehead atoms. The van der Waals surface area contributed by atoms with Crippen LogP contribution in [0.3, 0.4) is 0 Å². The van der Waals surface area contributed by atoms with Gasteiger partial charge in [0.05, 0.1) is 24.1 Å². The van der Waals surface area contributed by atoms with Crippen molar-refractivity contribution in [3.63, 3.8) is 0 Å². The van der Waals surface area contributed by atoms with Crippen LogP contribution in [0.25, 0.3) is 11.0 Å². The van der Waals surface area contributed by atoms with E-state index in [1.807, 2.05) is 13.0 Å². The number of hydrogen-bond acceptors (Lipinski definition) is 5. The molecule has 1 atom stereocenters. The number of aliphatic hydroxyl groups excluding tert-OH is 1. The number of aromatic nitrogens is 2. The fourth-order valence-electron chi connectivity index (χ4n) is 4.52. The summed E-state index contributed by atoms with van der Waals surface area (Å²) in [6, 6.07) is 12.8. The highest BCUT2D eigenvalue weighted by molar-refractivity contribution is 5.75. The van der Waals surface area contributed by atoms with Crippen molar-refractivity contribution in [2.45, 2.75) is 52.9 Å². The van der Waals surface area contributed by atoms with E-state index in [4.69, 9.17) is 9.40 Å². The van der Waals surface area contributed by atoms with Gasteiger partial charge in [-0.3, -0.25) is 9.80 Å². The van der Waals surface area contributed by atoms with Gasteiger partial charge < -0.3 is 14.1 Å². The molecular formula is C24H34N4O2. The quantitative estimate of drug-likeness (QED) is 0.614. The summed E-state index contributed by atoms with van der Waals surface area (Å²) in [5.41, 5.74) is 2.30. The first kappa shape index (κ1) is 21.1. The normalized spacial score (nSPS) is 18.6. The lowest BCUT2D eigenvalue weighted by Crippen LogP contribution is -2.52. The van der Waals surface area contributed by atoms with Crippen molar-refractivity contribution in [2.24, 2.45) is 5.92 Å². The molecule has 0 spiro atoms. The summed E-state index contributed by atoms with van der Waals surface area (Å²) in [6.07, 6.45) is 0.776. The minimum absolute atomic E-state index is 0.206. The first-order valence-corrected chi connectivity index (χ1v) is 11.1. The molecule has 6 nitrogen and oxygen atoms in total. The molecule has 1 aromatic carbocycles. The van der Waals surface area contributed by atoms with Crippen LogP contribution in [-0.2, 0) is 19.6 Å². The number of aryl methyl sites for hydroxylation is 1.